The van der Waals surface area contributed by atoms with E-state index in [2.05, 4.69) is 158 Å². The van der Waals surface area contributed by atoms with Gasteiger partial charge in [0.05, 0.1) is 28.4 Å². The van der Waals surface area contributed by atoms with Crippen LogP contribution in [-0.4, -0.2) is 9.97 Å². The quantitative estimate of drug-likeness (QED) is 0.174. The summed E-state index contributed by atoms with van der Waals surface area (Å²) in [4.78, 5) is 10.3. The van der Waals surface area contributed by atoms with Crippen molar-refractivity contribution < 1.29 is 4.74 Å². The summed E-state index contributed by atoms with van der Waals surface area (Å²) < 4.78 is 7.12. The summed E-state index contributed by atoms with van der Waals surface area (Å²) in [7, 11) is 0. The molecule has 10 aromatic rings. The highest BCUT2D eigenvalue weighted by Gasteiger charge is 2.51. The topological polar surface area (TPSA) is 58.8 Å². The van der Waals surface area contributed by atoms with E-state index in [0.717, 1.165) is 83.7 Å². The van der Waals surface area contributed by atoms with E-state index < -0.39 is 5.41 Å². The number of nitriles is 1. The summed E-state index contributed by atoms with van der Waals surface area (Å²) >= 11 is 0. The van der Waals surface area contributed by atoms with Gasteiger partial charge >= 0.3 is 0 Å². The Morgan fingerprint density at radius 2 is 0.903 bits per heavy atom. The van der Waals surface area contributed by atoms with Gasteiger partial charge in [-0.15, -0.1) is 0 Å². The molecule has 2 heterocycles. The maximum absolute atomic E-state index is 10.2. The first kappa shape index (κ1) is 35.5. The van der Waals surface area contributed by atoms with E-state index >= 15 is 0 Å². The molecule has 0 saturated heterocycles. The molecule has 0 fully saturated rings. The molecule has 1 aliphatic heterocycles. The molecule has 0 atom stereocenters. The van der Waals surface area contributed by atoms with Gasteiger partial charge in [-0.1, -0.05) is 176 Å². The van der Waals surface area contributed by atoms with E-state index in [4.69, 9.17) is 14.7 Å². The standard InChI is InChI=1S/C58H35N3O/c59-36-45-32-44(31-42-18-7-8-21-46(42)45)41-27-29-52-56(34-41)62-55-33-40(26-28-51(55)58(52)49-24-11-9-22-47(49)48-23-10-12-25-50(48)58)39-19-13-20-43(30-39)57-60-53(37-14-3-1-4-15-37)35-54(61-57)38-16-5-2-6-17-38/h1-35H. The molecule has 0 unspecified atom stereocenters. The van der Waals surface area contributed by atoms with Crippen molar-refractivity contribution in [2.24, 2.45) is 0 Å². The number of hydrogen-bond donors (Lipinski definition) is 0. The van der Waals surface area contributed by atoms with E-state index in [0.29, 0.717) is 11.4 Å². The van der Waals surface area contributed by atoms with Crippen LogP contribution in [0.4, 0.5) is 0 Å². The largest absolute Gasteiger partial charge is 0.457 e. The minimum Gasteiger partial charge on any atom is -0.457 e. The Labute approximate surface area is 359 Å². The average Bonchev–Trinajstić information content (AvgIpc) is 3.64. The molecule has 0 saturated carbocycles. The predicted molar refractivity (Wildman–Crippen MR) is 249 cm³/mol. The number of ether oxygens (including phenoxy) is 1. The monoisotopic (exact) mass is 789 g/mol. The lowest BCUT2D eigenvalue weighted by atomic mass is 9.65. The number of hydrogen-bond acceptors (Lipinski definition) is 4. The second-order valence-corrected chi connectivity index (χ2v) is 16.0. The Bertz CT molecular complexity index is 3360. The molecule has 0 amide bonds. The third-order valence-electron chi connectivity index (χ3n) is 12.6. The van der Waals surface area contributed by atoms with Crippen LogP contribution < -0.4 is 4.74 Å². The lowest BCUT2D eigenvalue weighted by Crippen LogP contribution is -2.32. The second-order valence-electron chi connectivity index (χ2n) is 16.0. The van der Waals surface area contributed by atoms with E-state index in [1.165, 1.54) is 22.3 Å². The fraction of sp³-hybridized carbons (Fsp3) is 0.0172. The van der Waals surface area contributed by atoms with Crippen LogP contribution >= 0.6 is 0 Å². The van der Waals surface area contributed by atoms with Crippen molar-refractivity contribution in [1.29, 1.82) is 5.26 Å². The van der Waals surface area contributed by atoms with Crippen molar-refractivity contribution in [3.05, 3.63) is 240 Å². The highest BCUT2D eigenvalue weighted by molar-refractivity contribution is 5.93. The van der Waals surface area contributed by atoms with E-state index in [-0.39, 0.29) is 0 Å². The van der Waals surface area contributed by atoms with E-state index in [1.54, 1.807) is 0 Å². The van der Waals surface area contributed by atoms with Gasteiger partial charge in [0.2, 0.25) is 0 Å². The normalized spacial score (nSPS) is 12.8. The summed E-state index contributed by atoms with van der Waals surface area (Å²) in [5, 5.41) is 12.1. The SMILES string of the molecule is N#Cc1cc(-c2ccc3c(c2)Oc2cc(-c4cccc(-c5nc(-c6ccccc6)cc(-c6ccccc6)n5)c4)ccc2C32c3ccccc3-c3ccccc32)cc2ccccc12. The Balaban J connectivity index is 1.02. The Kier molecular flexibility index (Phi) is 8.10. The molecule has 4 heteroatoms. The summed E-state index contributed by atoms with van der Waals surface area (Å²) in [6, 6.07) is 76.6. The summed E-state index contributed by atoms with van der Waals surface area (Å²) in [6.45, 7) is 0. The molecule has 62 heavy (non-hydrogen) atoms. The molecule has 9 aromatic carbocycles. The molecular formula is C58H35N3O. The minimum atomic E-state index is -0.615. The van der Waals surface area contributed by atoms with Crippen LogP contribution in [0, 0.1) is 11.3 Å². The first-order valence-corrected chi connectivity index (χ1v) is 20.9. The number of fused-ring (bicyclic) bond motifs is 10. The fourth-order valence-corrected chi connectivity index (χ4v) is 9.77. The smallest absolute Gasteiger partial charge is 0.160 e. The second kappa shape index (κ2) is 14.1. The Morgan fingerprint density at radius 3 is 1.53 bits per heavy atom. The molecule has 1 aromatic heterocycles. The third kappa shape index (κ3) is 5.53. The molecular weight excluding hydrogens is 755 g/mol. The van der Waals surface area contributed by atoms with Crippen molar-refractivity contribution >= 4 is 10.8 Å². The van der Waals surface area contributed by atoms with Gasteiger partial charge in [-0.2, -0.15) is 5.26 Å². The molecule has 288 valence electrons. The maximum atomic E-state index is 10.2. The van der Waals surface area contributed by atoms with Crippen LogP contribution in [0.3, 0.4) is 0 Å². The maximum Gasteiger partial charge on any atom is 0.160 e. The molecule has 2 aliphatic rings. The zero-order valence-corrected chi connectivity index (χ0v) is 33.5. The third-order valence-corrected chi connectivity index (χ3v) is 12.6. The van der Waals surface area contributed by atoms with Crippen LogP contribution in [0.1, 0.15) is 27.8 Å². The molecule has 0 N–H and O–H groups in total. The Morgan fingerprint density at radius 1 is 0.387 bits per heavy atom. The zero-order valence-electron chi connectivity index (χ0n) is 33.5. The highest BCUT2D eigenvalue weighted by atomic mass is 16.5. The van der Waals surface area contributed by atoms with Crippen molar-refractivity contribution in [1.82, 2.24) is 9.97 Å². The molecule has 0 radical (unpaired) electrons. The minimum absolute atomic E-state index is 0.615. The lowest BCUT2D eigenvalue weighted by molar-refractivity contribution is 0.437. The van der Waals surface area contributed by atoms with Gasteiger partial charge in [0.25, 0.3) is 0 Å². The first-order chi connectivity index (χ1) is 30.7. The Hall–Kier alpha value is -8.39. The molecule has 4 nitrogen and oxygen atoms in total. The number of benzene rings is 9. The molecule has 12 rings (SSSR count). The van der Waals surface area contributed by atoms with E-state index in [9.17, 15) is 5.26 Å². The van der Waals surface area contributed by atoms with Gasteiger partial charge in [0.15, 0.2) is 5.82 Å². The summed E-state index contributed by atoms with van der Waals surface area (Å²) in [5.74, 6) is 2.25. The molecule has 0 bridgehead atoms. The van der Waals surface area contributed by atoms with Crippen LogP contribution in [0.15, 0.2) is 212 Å². The number of rotatable bonds is 5. The van der Waals surface area contributed by atoms with Gasteiger partial charge in [0, 0.05) is 27.8 Å². The zero-order chi connectivity index (χ0) is 41.2. The van der Waals surface area contributed by atoms with Gasteiger partial charge < -0.3 is 4.74 Å². The van der Waals surface area contributed by atoms with E-state index in [1.807, 2.05) is 60.7 Å². The van der Waals surface area contributed by atoms with Crippen molar-refractivity contribution in [3.8, 4) is 84.9 Å². The predicted octanol–water partition coefficient (Wildman–Crippen LogP) is 14.3. The van der Waals surface area contributed by atoms with Crippen molar-refractivity contribution in [2.75, 3.05) is 0 Å². The lowest BCUT2D eigenvalue weighted by Gasteiger charge is -2.39. The highest BCUT2D eigenvalue weighted by Crippen LogP contribution is 2.62. The van der Waals surface area contributed by atoms with Gasteiger partial charge in [-0.05, 0) is 91.7 Å². The first-order valence-electron chi connectivity index (χ1n) is 20.9. The van der Waals surface area contributed by atoms with Crippen LogP contribution in [0.5, 0.6) is 11.5 Å². The summed E-state index contributed by atoms with van der Waals surface area (Å²) in [6.07, 6.45) is 0. The number of nitrogens with zero attached hydrogens (tertiary/aromatic N) is 3. The fourth-order valence-electron chi connectivity index (χ4n) is 9.77. The van der Waals surface area contributed by atoms with Gasteiger partial charge in [0.1, 0.15) is 11.5 Å². The number of aromatic nitrogens is 2. The average molecular weight is 790 g/mol. The van der Waals surface area contributed by atoms with Crippen LogP contribution in [0.25, 0.3) is 78.1 Å². The van der Waals surface area contributed by atoms with Gasteiger partial charge in [-0.25, -0.2) is 9.97 Å². The van der Waals surface area contributed by atoms with Crippen molar-refractivity contribution in [3.63, 3.8) is 0 Å². The van der Waals surface area contributed by atoms with Crippen molar-refractivity contribution in [2.45, 2.75) is 5.41 Å². The van der Waals surface area contributed by atoms with Gasteiger partial charge in [-0.3, -0.25) is 0 Å². The van der Waals surface area contributed by atoms with Crippen LogP contribution in [0.2, 0.25) is 0 Å². The summed E-state index contributed by atoms with van der Waals surface area (Å²) in [5.41, 5.74) is 15.9. The molecule has 1 aliphatic carbocycles. The van der Waals surface area contributed by atoms with Crippen LogP contribution in [-0.2, 0) is 5.41 Å². The molecule has 1 spiro atoms.